The van der Waals surface area contributed by atoms with Crippen LogP contribution in [0.15, 0.2) is 54.6 Å². The Morgan fingerprint density at radius 1 is 1.07 bits per heavy atom. The first-order valence-electron chi connectivity index (χ1n) is 9.30. The Hall–Kier alpha value is -2.71. The third-order valence-electron chi connectivity index (χ3n) is 4.37. The lowest BCUT2D eigenvalue weighted by molar-refractivity contribution is -0.119. The van der Waals surface area contributed by atoms with Gasteiger partial charge in [0.25, 0.3) is 0 Å². The predicted octanol–water partition coefficient (Wildman–Crippen LogP) is 3.21. The summed E-state index contributed by atoms with van der Waals surface area (Å²) in [6, 6.07) is 13.9. The van der Waals surface area contributed by atoms with Crippen LogP contribution in [0.25, 0.3) is 0 Å². The Labute approximate surface area is 171 Å². The second-order valence-corrected chi connectivity index (χ2v) is 8.69. The molecule has 0 unspecified atom stereocenters. The Bertz CT molecular complexity index is 927. The van der Waals surface area contributed by atoms with Crippen molar-refractivity contribution in [2.75, 3.05) is 25.2 Å². The van der Waals surface area contributed by atoms with Crippen molar-refractivity contribution >= 4 is 27.6 Å². The number of anilines is 1. The Kier molecular flexibility index (Phi) is 7.92. The van der Waals surface area contributed by atoms with Gasteiger partial charge in [-0.3, -0.25) is 4.79 Å². The van der Waals surface area contributed by atoms with Crippen molar-refractivity contribution in [1.82, 2.24) is 4.31 Å². The second kappa shape index (κ2) is 10.2. The highest BCUT2D eigenvalue weighted by molar-refractivity contribution is 7.88. The molecule has 2 aromatic carbocycles. The van der Waals surface area contributed by atoms with Crippen molar-refractivity contribution in [2.24, 2.45) is 0 Å². The largest absolute Gasteiger partial charge is 0.462 e. The molecule has 0 aliphatic rings. The quantitative estimate of drug-likeness (QED) is 0.499. The summed E-state index contributed by atoms with van der Waals surface area (Å²) in [4.78, 5) is 24.8. The average Bonchev–Trinajstić information content (AvgIpc) is 2.69. The van der Waals surface area contributed by atoms with E-state index in [9.17, 15) is 18.0 Å². The number of hydrogen-bond acceptors (Lipinski definition) is 5. The lowest BCUT2D eigenvalue weighted by Gasteiger charge is -2.25. The fourth-order valence-corrected chi connectivity index (χ4v) is 3.25. The summed E-state index contributed by atoms with van der Waals surface area (Å²) in [6.07, 6.45) is 2.78. The van der Waals surface area contributed by atoms with Crippen molar-refractivity contribution in [2.45, 2.75) is 25.8 Å². The van der Waals surface area contributed by atoms with Gasteiger partial charge in [-0.05, 0) is 36.2 Å². The van der Waals surface area contributed by atoms with Gasteiger partial charge in [0.1, 0.15) is 6.04 Å². The van der Waals surface area contributed by atoms with Crippen LogP contribution in [0.2, 0.25) is 0 Å². The Balaban J connectivity index is 2.16. The van der Waals surface area contributed by atoms with Gasteiger partial charge >= 0.3 is 5.97 Å². The molecule has 1 atom stereocenters. The van der Waals surface area contributed by atoms with Gasteiger partial charge in [-0.2, -0.15) is 4.31 Å². The number of sulfonamides is 1. The van der Waals surface area contributed by atoms with Gasteiger partial charge in [-0.25, -0.2) is 13.2 Å². The van der Waals surface area contributed by atoms with Crippen molar-refractivity contribution in [3.05, 3.63) is 65.7 Å². The Morgan fingerprint density at radius 3 is 2.24 bits per heavy atom. The van der Waals surface area contributed by atoms with E-state index in [0.717, 1.165) is 23.4 Å². The summed E-state index contributed by atoms with van der Waals surface area (Å²) in [5.74, 6) is -0.919. The molecule has 0 saturated carbocycles. The number of rotatable bonds is 9. The minimum absolute atomic E-state index is 0.365. The minimum atomic E-state index is -3.61. The zero-order valence-electron chi connectivity index (χ0n) is 16.8. The zero-order chi connectivity index (χ0) is 21.4. The van der Waals surface area contributed by atoms with Gasteiger partial charge in [0.2, 0.25) is 15.9 Å². The molecule has 0 fully saturated rings. The first-order chi connectivity index (χ1) is 13.7. The number of carbonyl (C=O) groups is 2. The van der Waals surface area contributed by atoms with Crippen LogP contribution in [-0.4, -0.2) is 44.5 Å². The number of nitrogens with zero attached hydrogens (tertiary/aromatic N) is 1. The van der Waals surface area contributed by atoms with Crippen molar-refractivity contribution < 1.29 is 22.7 Å². The van der Waals surface area contributed by atoms with Crippen LogP contribution in [-0.2, 0) is 19.6 Å². The summed E-state index contributed by atoms with van der Waals surface area (Å²) in [7, 11) is -2.24. The third kappa shape index (κ3) is 6.40. The van der Waals surface area contributed by atoms with E-state index >= 15 is 0 Å². The molecule has 0 aromatic heterocycles. The maximum Gasteiger partial charge on any atom is 0.338 e. The first-order valence-corrected chi connectivity index (χ1v) is 11.1. The van der Waals surface area contributed by atoms with Gasteiger partial charge in [-0.1, -0.05) is 43.7 Å². The highest BCUT2D eigenvalue weighted by atomic mass is 32.2. The fraction of sp³-hybridized carbons (Fsp3) is 0.333. The molecule has 156 valence electrons. The highest BCUT2D eigenvalue weighted by Crippen LogP contribution is 2.24. The second-order valence-electron chi connectivity index (χ2n) is 6.65. The molecule has 2 aromatic rings. The van der Waals surface area contributed by atoms with E-state index in [1.165, 1.54) is 7.05 Å². The van der Waals surface area contributed by atoms with E-state index in [-0.39, 0.29) is 0 Å². The average molecular weight is 419 g/mol. The summed E-state index contributed by atoms with van der Waals surface area (Å²) in [5, 5.41) is 2.71. The van der Waals surface area contributed by atoms with E-state index in [2.05, 4.69) is 5.32 Å². The van der Waals surface area contributed by atoms with Crippen LogP contribution in [0.1, 0.15) is 41.7 Å². The van der Waals surface area contributed by atoms with E-state index in [1.807, 2.05) is 6.92 Å². The molecule has 7 nitrogen and oxygen atoms in total. The number of carbonyl (C=O) groups excluding carboxylic acids is 2. The summed E-state index contributed by atoms with van der Waals surface area (Å²) < 4.78 is 30.2. The number of hydrogen-bond donors (Lipinski definition) is 1. The molecule has 0 aliphatic heterocycles. The van der Waals surface area contributed by atoms with E-state index in [4.69, 9.17) is 4.74 Å². The number of benzene rings is 2. The summed E-state index contributed by atoms with van der Waals surface area (Å²) >= 11 is 0. The number of ether oxygens (including phenoxy) is 1. The highest BCUT2D eigenvalue weighted by Gasteiger charge is 2.30. The molecule has 0 spiro atoms. The molecule has 1 amide bonds. The molecule has 1 N–H and O–H groups in total. The topological polar surface area (TPSA) is 92.8 Å². The predicted molar refractivity (Wildman–Crippen MR) is 112 cm³/mol. The SMILES string of the molecule is CCCCOC(=O)c1ccc(NC(=O)[C@H](c2ccccc2)N(C)S(C)(=O)=O)cc1. The molecule has 2 rings (SSSR count). The molecule has 0 bridgehead atoms. The van der Waals surface area contributed by atoms with Gasteiger partial charge in [0, 0.05) is 12.7 Å². The number of unbranched alkanes of at least 4 members (excludes halogenated alkanes) is 1. The molecule has 8 heteroatoms. The molecule has 29 heavy (non-hydrogen) atoms. The number of esters is 1. The molecule has 0 heterocycles. The lowest BCUT2D eigenvalue weighted by Crippen LogP contribution is -2.38. The minimum Gasteiger partial charge on any atom is -0.462 e. The van der Waals surface area contributed by atoms with Crippen molar-refractivity contribution in [3.8, 4) is 0 Å². The van der Waals surface area contributed by atoms with Crippen molar-refractivity contribution in [3.63, 3.8) is 0 Å². The molecule has 0 radical (unpaired) electrons. The summed E-state index contributed by atoms with van der Waals surface area (Å²) in [6.45, 7) is 2.37. The summed E-state index contributed by atoms with van der Waals surface area (Å²) in [5.41, 5.74) is 1.38. The fourth-order valence-electron chi connectivity index (χ4n) is 2.65. The van der Waals surface area contributed by atoms with Crippen LogP contribution in [0, 0.1) is 0 Å². The Morgan fingerprint density at radius 2 is 1.69 bits per heavy atom. The molecule has 0 saturated heterocycles. The van der Waals surface area contributed by atoms with Crippen LogP contribution < -0.4 is 5.32 Å². The number of likely N-dealkylation sites (N-methyl/N-ethyl adjacent to an activating group) is 1. The van der Waals surface area contributed by atoms with Gasteiger partial charge in [-0.15, -0.1) is 0 Å². The normalized spacial score (nSPS) is 12.4. The lowest BCUT2D eigenvalue weighted by atomic mass is 10.1. The van der Waals surface area contributed by atoms with Gasteiger partial charge in [0.15, 0.2) is 0 Å². The molecular formula is C21H26N2O5S. The first kappa shape index (κ1) is 22.6. The number of amides is 1. The number of nitrogens with one attached hydrogen (secondary N) is 1. The monoisotopic (exact) mass is 418 g/mol. The molecule has 0 aliphatic carbocycles. The third-order valence-corrected chi connectivity index (χ3v) is 5.63. The van der Waals surface area contributed by atoms with E-state index in [1.54, 1.807) is 54.6 Å². The standard InChI is InChI=1S/C21H26N2O5S/c1-4-5-15-28-21(25)17-11-13-18(14-12-17)22-20(24)19(23(2)29(3,26)27)16-9-7-6-8-10-16/h6-14,19H,4-5,15H2,1-3H3,(H,22,24)/t19-/m0/s1. The van der Waals surface area contributed by atoms with E-state index < -0.39 is 27.9 Å². The van der Waals surface area contributed by atoms with E-state index in [0.29, 0.717) is 23.4 Å². The van der Waals surface area contributed by atoms with Gasteiger partial charge in [0.05, 0.1) is 18.4 Å². The maximum atomic E-state index is 12.9. The van der Waals surface area contributed by atoms with Crippen molar-refractivity contribution in [1.29, 1.82) is 0 Å². The maximum absolute atomic E-state index is 12.9. The van der Waals surface area contributed by atoms with Crippen LogP contribution in [0.5, 0.6) is 0 Å². The zero-order valence-corrected chi connectivity index (χ0v) is 17.6. The van der Waals surface area contributed by atoms with Crippen LogP contribution >= 0.6 is 0 Å². The van der Waals surface area contributed by atoms with Crippen LogP contribution in [0.3, 0.4) is 0 Å². The molecular weight excluding hydrogens is 392 g/mol. The smallest absolute Gasteiger partial charge is 0.338 e. The van der Waals surface area contributed by atoms with Gasteiger partial charge < -0.3 is 10.1 Å². The van der Waals surface area contributed by atoms with Crippen LogP contribution in [0.4, 0.5) is 5.69 Å².